The van der Waals surface area contributed by atoms with Crippen LogP contribution in [0, 0.1) is 0 Å². The van der Waals surface area contributed by atoms with Crippen molar-refractivity contribution in [2.75, 3.05) is 19.7 Å². The summed E-state index contributed by atoms with van der Waals surface area (Å²) < 4.78 is 5.94. The average molecular weight is 217 g/mol. The Morgan fingerprint density at radius 3 is 2.94 bits per heavy atom. The number of morpholine rings is 1. The van der Waals surface area contributed by atoms with Crippen LogP contribution >= 0.6 is 0 Å². The molecule has 3 rings (SSSR count). The molecule has 1 aliphatic heterocycles. The molecular weight excluding hydrogens is 198 g/mol. The van der Waals surface area contributed by atoms with Crippen LogP contribution in [-0.4, -0.2) is 19.7 Å². The third-order valence-corrected chi connectivity index (χ3v) is 3.71. The maximum atomic E-state index is 5.94. The van der Waals surface area contributed by atoms with Crippen molar-refractivity contribution >= 4 is 0 Å². The van der Waals surface area contributed by atoms with Gasteiger partial charge in [0.25, 0.3) is 0 Å². The second-order valence-electron chi connectivity index (χ2n) is 5.16. The molecule has 1 saturated carbocycles. The highest BCUT2D eigenvalue weighted by molar-refractivity contribution is 5.32. The molecule has 1 saturated heterocycles. The molecule has 2 nitrogen and oxygen atoms in total. The molecule has 16 heavy (non-hydrogen) atoms. The lowest BCUT2D eigenvalue weighted by Crippen LogP contribution is -2.45. The first-order valence-electron chi connectivity index (χ1n) is 6.23. The first-order chi connectivity index (χ1) is 7.78. The minimum absolute atomic E-state index is 0.136. The van der Waals surface area contributed by atoms with E-state index in [9.17, 15) is 0 Å². The van der Waals surface area contributed by atoms with Gasteiger partial charge >= 0.3 is 0 Å². The zero-order valence-electron chi connectivity index (χ0n) is 9.83. The van der Waals surface area contributed by atoms with E-state index >= 15 is 0 Å². The molecule has 2 aliphatic rings. The number of ether oxygens (including phenoxy) is 1. The summed E-state index contributed by atoms with van der Waals surface area (Å²) >= 11 is 0. The molecule has 0 spiro atoms. The summed E-state index contributed by atoms with van der Waals surface area (Å²) in [6.07, 6.45) is 2.72. The Labute approximate surface area is 97.0 Å². The zero-order chi connectivity index (χ0) is 11.0. The van der Waals surface area contributed by atoms with Crippen LogP contribution in [0.5, 0.6) is 0 Å². The molecular formula is C14H19NO. The van der Waals surface area contributed by atoms with Crippen molar-refractivity contribution in [3.05, 3.63) is 35.4 Å². The minimum atomic E-state index is -0.136. The summed E-state index contributed by atoms with van der Waals surface area (Å²) in [4.78, 5) is 0. The first-order valence-corrected chi connectivity index (χ1v) is 6.23. The van der Waals surface area contributed by atoms with E-state index in [1.165, 1.54) is 24.0 Å². The van der Waals surface area contributed by atoms with Gasteiger partial charge in [0.15, 0.2) is 0 Å². The monoisotopic (exact) mass is 217 g/mol. The van der Waals surface area contributed by atoms with Crippen molar-refractivity contribution in [1.29, 1.82) is 0 Å². The maximum absolute atomic E-state index is 5.94. The predicted molar refractivity (Wildman–Crippen MR) is 64.6 cm³/mol. The topological polar surface area (TPSA) is 21.3 Å². The van der Waals surface area contributed by atoms with Gasteiger partial charge in [-0.1, -0.05) is 24.3 Å². The van der Waals surface area contributed by atoms with E-state index < -0.39 is 0 Å². The third kappa shape index (κ3) is 1.87. The molecule has 1 aromatic carbocycles. The summed E-state index contributed by atoms with van der Waals surface area (Å²) in [7, 11) is 0. The second kappa shape index (κ2) is 3.86. The van der Waals surface area contributed by atoms with Gasteiger partial charge in [-0.05, 0) is 36.8 Å². The van der Waals surface area contributed by atoms with Crippen LogP contribution in [0.1, 0.15) is 36.8 Å². The largest absolute Gasteiger partial charge is 0.368 e. The highest BCUT2D eigenvalue weighted by atomic mass is 16.5. The van der Waals surface area contributed by atoms with E-state index in [1.54, 1.807) is 0 Å². The average Bonchev–Trinajstić information content (AvgIpc) is 3.14. The smallest absolute Gasteiger partial charge is 0.103 e. The van der Waals surface area contributed by atoms with Crippen molar-refractivity contribution in [3.63, 3.8) is 0 Å². The Morgan fingerprint density at radius 1 is 1.38 bits per heavy atom. The lowest BCUT2D eigenvalue weighted by atomic mass is 9.92. The third-order valence-electron chi connectivity index (χ3n) is 3.71. The standard InChI is InChI=1S/C14H19NO/c1-14(10-15-7-8-16-14)13-4-2-3-12(9-13)11-5-6-11/h2-4,9,11,15H,5-8,10H2,1H3/t14-/m0/s1. The van der Waals surface area contributed by atoms with E-state index in [0.717, 1.165) is 25.6 Å². The minimum Gasteiger partial charge on any atom is -0.368 e. The number of nitrogens with one attached hydrogen (secondary N) is 1. The van der Waals surface area contributed by atoms with Gasteiger partial charge in [-0.25, -0.2) is 0 Å². The fraction of sp³-hybridized carbons (Fsp3) is 0.571. The second-order valence-corrected chi connectivity index (χ2v) is 5.16. The van der Waals surface area contributed by atoms with Crippen LogP contribution in [0.4, 0.5) is 0 Å². The number of hydrogen-bond donors (Lipinski definition) is 1. The molecule has 0 bridgehead atoms. The van der Waals surface area contributed by atoms with Crippen molar-refractivity contribution < 1.29 is 4.74 Å². The van der Waals surface area contributed by atoms with Crippen LogP contribution in [-0.2, 0) is 10.3 Å². The fourth-order valence-corrected chi connectivity index (χ4v) is 2.45. The summed E-state index contributed by atoms with van der Waals surface area (Å²) in [5.41, 5.74) is 2.68. The van der Waals surface area contributed by atoms with Crippen LogP contribution in [0.3, 0.4) is 0 Å². The molecule has 1 atom stereocenters. The molecule has 1 aliphatic carbocycles. The van der Waals surface area contributed by atoms with Gasteiger partial charge in [-0.3, -0.25) is 0 Å². The van der Waals surface area contributed by atoms with E-state index in [2.05, 4.69) is 36.5 Å². The lowest BCUT2D eigenvalue weighted by Gasteiger charge is -2.35. The van der Waals surface area contributed by atoms with Crippen molar-refractivity contribution in [2.45, 2.75) is 31.3 Å². The highest BCUT2D eigenvalue weighted by Crippen LogP contribution is 2.41. The Hall–Kier alpha value is -0.860. The molecule has 1 N–H and O–H groups in total. The molecule has 0 amide bonds. The molecule has 1 aromatic rings. The van der Waals surface area contributed by atoms with Gasteiger partial charge < -0.3 is 10.1 Å². The Morgan fingerprint density at radius 2 is 2.25 bits per heavy atom. The lowest BCUT2D eigenvalue weighted by molar-refractivity contribution is -0.0572. The molecule has 0 aromatic heterocycles. The highest BCUT2D eigenvalue weighted by Gasteiger charge is 2.31. The molecule has 2 fully saturated rings. The Kier molecular flexibility index (Phi) is 2.49. The molecule has 86 valence electrons. The fourth-order valence-electron chi connectivity index (χ4n) is 2.45. The Bertz CT molecular complexity index is 378. The van der Waals surface area contributed by atoms with Gasteiger partial charge in [-0.2, -0.15) is 0 Å². The summed E-state index contributed by atoms with van der Waals surface area (Å²) in [6.45, 7) is 4.88. The molecule has 0 radical (unpaired) electrons. The van der Waals surface area contributed by atoms with Crippen molar-refractivity contribution in [3.8, 4) is 0 Å². The van der Waals surface area contributed by atoms with E-state index in [1.807, 2.05) is 0 Å². The van der Waals surface area contributed by atoms with Gasteiger partial charge in [0.1, 0.15) is 5.60 Å². The van der Waals surface area contributed by atoms with Crippen LogP contribution in [0.2, 0.25) is 0 Å². The molecule has 2 heteroatoms. The molecule has 1 heterocycles. The van der Waals surface area contributed by atoms with Gasteiger partial charge in [0.2, 0.25) is 0 Å². The number of benzene rings is 1. The summed E-state index contributed by atoms with van der Waals surface area (Å²) in [5.74, 6) is 0.820. The first kappa shape index (κ1) is 10.3. The summed E-state index contributed by atoms with van der Waals surface area (Å²) in [6, 6.07) is 8.95. The molecule has 0 unspecified atom stereocenters. The van der Waals surface area contributed by atoms with Crippen molar-refractivity contribution in [1.82, 2.24) is 5.32 Å². The number of rotatable bonds is 2. The van der Waals surface area contributed by atoms with Gasteiger partial charge in [0.05, 0.1) is 6.61 Å². The van der Waals surface area contributed by atoms with E-state index in [-0.39, 0.29) is 5.60 Å². The summed E-state index contributed by atoms with van der Waals surface area (Å²) in [5, 5.41) is 3.41. The van der Waals surface area contributed by atoms with Crippen LogP contribution < -0.4 is 5.32 Å². The Balaban J connectivity index is 1.89. The van der Waals surface area contributed by atoms with E-state index in [4.69, 9.17) is 4.74 Å². The van der Waals surface area contributed by atoms with E-state index in [0.29, 0.717) is 0 Å². The maximum Gasteiger partial charge on any atom is 0.103 e. The SMILES string of the molecule is C[C@@]1(c2cccc(C3CC3)c2)CNCCO1. The van der Waals surface area contributed by atoms with Crippen LogP contribution in [0.15, 0.2) is 24.3 Å². The predicted octanol–water partition coefficient (Wildman–Crippen LogP) is 2.40. The zero-order valence-corrected chi connectivity index (χ0v) is 9.83. The quantitative estimate of drug-likeness (QED) is 0.821. The van der Waals surface area contributed by atoms with Gasteiger partial charge in [0, 0.05) is 13.1 Å². The van der Waals surface area contributed by atoms with Crippen LogP contribution in [0.25, 0.3) is 0 Å². The van der Waals surface area contributed by atoms with Gasteiger partial charge in [-0.15, -0.1) is 0 Å². The number of hydrogen-bond acceptors (Lipinski definition) is 2. The van der Waals surface area contributed by atoms with Crippen molar-refractivity contribution in [2.24, 2.45) is 0 Å². The normalized spacial score (nSPS) is 30.3.